The molecule has 0 unspecified atom stereocenters. The van der Waals surface area contributed by atoms with Gasteiger partial charge >= 0.3 is 0 Å². The second kappa shape index (κ2) is 14.4. The molecule has 8 aromatic carbocycles. The average molecular weight is 817 g/mol. The number of anilines is 4. The Morgan fingerprint density at radius 3 is 2.08 bits per heavy atom. The molecule has 0 aliphatic carbocycles. The molecule has 4 heterocycles. The molecule has 0 fully saturated rings. The molecule has 0 atom stereocenters. The van der Waals surface area contributed by atoms with Crippen LogP contribution >= 0.6 is 0 Å². The van der Waals surface area contributed by atoms with Crippen LogP contribution in [0.2, 0.25) is 0 Å². The van der Waals surface area contributed by atoms with Crippen LogP contribution < -0.4 is 14.5 Å². The summed E-state index contributed by atoms with van der Waals surface area (Å²) >= 11 is 0. The molecule has 0 N–H and O–H groups in total. The number of para-hydroxylation sites is 3. The minimum Gasteiger partial charge on any atom is -0.457 e. The molecule has 5 nitrogen and oxygen atoms in total. The minimum atomic E-state index is -0.302. The maximum absolute atomic E-state index is 9.20. The summed E-state index contributed by atoms with van der Waals surface area (Å²) in [6.07, 6.45) is 0. The summed E-state index contributed by atoms with van der Waals surface area (Å²) in [5.41, 5.74) is 14.6. The first-order valence-electron chi connectivity index (χ1n) is 23.4. The van der Waals surface area contributed by atoms with Crippen LogP contribution in [0.15, 0.2) is 200 Å². The molecule has 2 aliphatic heterocycles. The number of fused-ring (bicyclic) bond motifs is 23. The quantitative estimate of drug-likeness (QED) is 0.165. The van der Waals surface area contributed by atoms with Gasteiger partial charge in [-0.25, -0.2) is 4.98 Å². The Kier molecular flexibility index (Phi) is 7.48. The molecule has 0 saturated heterocycles. The molecule has 63 heavy (non-hydrogen) atoms. The molecular formula is C58H44N4O. The van der Waals surface area contributed by atoms with E-state index in [0.29, 0.717) is 45.8 Å². The summed E-state index contributed by atoms with van der Waals surface area (Å²) in [6, 6.07) is 60.2. The average Bonchev–Trinajstić information content (AvgIpc) is 3.91. The van der Waals surface area contributed by atoms with Crippen LogP contribution in [0.3, 0.4) is 0 Å². The van der Waals surface area contributed by atoms with Crippen molar-refractivity contribution in [1.29, 1.82) is 0 Å². The van der Waals surface area contributed by atoms with Gasteiger partial charge in [-0.15, -0.1) is 0 Å². The number of nitrogens with zero attached hydrogens (tertiary/aromatic N) is 4. The highest BCUT2D eigenvalue weighted by molar-refractivity contribution is 6.09. The largest absolute Gasteiger partial charge is 0.457 e. The third-order valence-corrected chi connectivity index (χ3v) is 12.5. The first kappa shape index (κ1) is 32.8. The van der Waals surface area contributed by atoms with E-state index in [1.165, 1.54) is 5.56 Å². The Balaban J connectivity index is 1.17. The zero-order valence-corrected chi connectivity index (χ0v) is 35.1. The van der Waals surface area contributed by atoms with Gasteiger partial charge in [0.25, 0.3) is 0 Å². The van der Waals surface area contributed by atoms with Crippen LogP contribution in [-0.2, 0) is 5.41 Å². The molecule has 12 rings (SSSR count). The highest BCUT2D eigenvalue weighted by Gasteiger charge is 2.33. The van der Waals surface area contributed by atoms with E-state index < -0.39 is 0 Å². The fourth-order valence-corrected chi connectivity index (χ4v) is 9.40. The Morgan fingerprint density at radius 1 is 0.524 bits per heavy atom. The topological polar surface area (TPSA) is 33.5 Å². The van der Waals surface area contributed by atoms with E-state index in [1.807, 2.05) is 53.1 Å². The number of ether oxygens (including phenoxy) is 1. The molecule has 0 spiro atoms. The maximum Gasteiger partial charge on any atom is 0.138 e. The lowest BCUT2D eigenvalue weighted by Crippen LogP contribution is -2.25. The van der Waals surface area contributed by atoms with E-state index >= 15 is 0 Å². The fraction of sp³-hybridized carbons (Fsp3) is 0.0862. The highest BCUT2D eigenvalue weighted by Crippen LogP contribution is 2.53. The number of hydrogen-bond donors (Lipinski definition) is 0. The van der Waals surface area contributed by atoms with E-state index in [1.54, 1.807) is 0 Å². The molecule has 10 bridgehead atoms. The monoisotopic (exact) mass is 816 g/mol. The maximum atomic E-state index is 9.20. The zero-order valence-electron chi connectivity index (χ0n) is 39.1. The summed E-state index contributed by atoms with van der Waals surface area (Å²) in [5, 5.41) is 1.10. The molecular weight excluding hydrogens is 769 g/mol. The lowest BCUT2D eigenvalue weighted by atomic mass is 9.81. The first-order valence-corrected chi connectivity index (χ1v) is 21.4. The Hall–Kier alpha value is -7.89. The lowest BCUT2D eigenvalue weighted by Gasteiger charge is -2.31. The number of rotatable bonds is 1. The summed E-state index contributed by atoms with van der Waals surface area (Å²) in [5.74, 6) is 1.71. The van der Waals surface area contributed by atoms with Crippen LogP contribution in [0.4, 0.5) is 22.7 Å². The SMILES string of the molecule is [2H]c1c([2H])c([2H])c2c(c1[2H])c1ccc3cc1n2-c1cccc(n1)-c1cccc(c1)-c1ccccc1-c1cc(C(C)(C)C)cc(-c2ccccc2)c1N1CN(c2cccc(c2)O3)c2ccccc21. The second-order valence-electron chi connectivity index (χ2n) is 17.4. The fourth-order valence-electron chi connectivity index (χ4n) is 9.40. The molecule has 0 saturated carbocycles. The number of hydrogen-bond acceptors (Lipinski definition) is 4. The molecule has 5 heteroatoms. The van der Waals surface area contributed by atoms with Gasteiger partial charge in [-0.05, 0) is 106 Å². The van der Waals surface area contributed by atoms with Crippen molar-refractivity contribution in [3.05, 3.63) is 206 Å². The number of pyridine rings is 1. The third-order valence-electron chi connectivity index (χ3n) is 12.5. The standard InChI is InChI=1S/C58H44N4O/c1-58(2,3)41-33-49(38-16-5-4-6-17-38)57-50(34-41)46-23-8-7-22-45(46)39-18-13-19-40(32-39)51-25-15-29-56(59-51)62-52-26-10-9-24-47(52)48-31-30-44(36-55(48)62)63-43-21-14-20-42(35-43)60-37-61(57)54-28-12-11-27-53(54)60/h4-36H,37H2,1-3H3/i9D,10D,24D,26D. The van der Waals surface area contributed by atoms with Crippen molar-refractivity contribution < 1.29 is 10.2 Å². The van der Waals surface area contributed by atoms with Crippen LogP contribution in [0, 0.1) is 0 Å². The van der Waals surface area contributed by atoms with E-state index in [4.69, 9.17) is 13.8 Å². The summed E-state index contributed by atoms with van der Waals surface area (Å²) in [6.45, 7) is 7.38. The van der Waals surface area contributed by atoms with Crippen molar-refractivity contribution in [1.82, 2.24) is 9.55 Å². The van der Waals surface area contributed by atoms with Crippen LogP contribution in [0.1, 0.15) is 31.8 Å². The Bertz CT molecular complexity index is 3650. The van der Waals surface area contributed by atoms with Crippen LogP contribution in [0.25, 0.3) is 72.3 Å². The molecule has 10 aromatic rings. The van der Waals surface area contributed by atoms with Gasteiger partial charge in [0.2, 0.25) is 0 Å². The first-order chi connectivity index (χ1) is 32.5. The summed E-state index contributed by atoms with van der Waals surface area (Å²) in [7, 11) is 0. The van der Waals surface area contributed by atoms with Gasteiger partial charge in [-0.1, -0.05) is 136 Å². The summed E-state index contributed by atoms with van der Waals surface area (Å²) < 4.78 is 44.2. The molecule has 302 valence electrons. The van der Waals surface area contributed by atoms with E-state index in [-0.39, 0.29) is 29.6 Å². The van der Waals surface area contributed by atoms with Gasteiger partial charge in [-0.3, -0.25) is 4.57 Å². The van der Waals surface area contributed by atoms with Gasteiger partial charge < -0.3 is 14.5 Å². The highest BCUT2D eigenvalue weighted by atomic mass is 16.5. The predicted molar refractivity (Wildman–Crippen MR) is 261 cm³/mol. The molecule has 0 amide bonds. The number of aromatic nitrogens is 2. The van der Waals surface area contributed by atoms with E-state index in [2.05, 4.69) is 158 Å². The number of benzene rings is 8. The van der Waals surface area contributed by atoms with Gasteiger partial charge in [0.15, 0.2) is 0 Å². The van der Waals surface area contributed by atoms with Crippen molar-refractivity contribution in [3.63, 3.8) is 0 Å². The van der Waals surface area contributed by atoms with Crippen LogP contribution in [-0.4, -0.2) is 16.2 Å². The Labute approximate surface area is 373 Å². The smallest absolute Gasteiger partial charge is 0.138 e. The van der Waals surface area contributed by atoms with Gasteiger partial charge in [-0.2, -0.15) is 0 Å². The van der Waals surface area contributed by atoms with Crippen molar-refractivity contribution in [2.45, 2.75) is 26.2 Å². The molecule has 2 aliphatic rings. The lowest BCUT2D eigenvalue weighted by molar-refractivity contribution is 0.483. The Morgan fingerprint density at radius 2 is 1.22 bits per heavy atom. The van der Waals surface area contributed by atoms with Gasteiger partial charge in [0, 0.05) is 45.3 Å². The molecule has 0 radical (unpaired) electrons. The van der Waals surface area contributed by atoms with E-state index in [9.17, 15) is 1.37 Å². The predicted octanol–water partition coefficient (Wildman–Crippen LogP) is 15.5. The minimum absolute atomic E-state index is 0.0999. The van der Waals surface area contributed by atoms with E-state index in [0.717, 1.165) is 67.4 Å². The van der Waals surface area contributed by atoms with Gasteiger partial charge in [0.1, 0.15) is 24.0 Å². The van der Waals surface area contributed by atoms with Crippen LogP contribution in [0.5, 0.6) is 11.5 Å². The van der Waals surface area contributed by atoms with Gasteiger partial charge in [0.05, 0.1) is 39.3 Å². The van der Waals surface area contributed by atoms with Crippen molar-refractivity contribution in [2.24, 2.45) is 0 Å². The second-order valence-corrected chi connectivity index (χ2v) is 17.4. The zero-order chi connectivity index (χ0) is 45.7. The normalized spacial score (nSPS) is 13.9. The molecule has 2 aromatic heterocycles. The van der Waals surface area contributed by atoms with Crippen molar-refractivity contribution in [3.8, 4) is 62.0 Å². The van der Waals surface area contributed by atoms with Crippen molar-refractivity contribution in [2.75, 3.05) is 16.5 Å². The van der Waals surface area contributed by atoms with Crippen molar-refractivity contribution >= 4 is 44.6 Å². The third kappa shape index (κ3) is 6.19. The summed E-state index contributed by atoms with van der Waals surface area (Å²) in [4.78, 5) is 10.1.